The van der Waals surface area contributed by atoms with Crippen molar-refractivity contribution in [1.29, 1.82) is 0 Å². The Morgan fingerprint density at radius 2 is 1.57 bits per heavy atom. The lowest BCUT2D eigenvalue weighted by molar-refractivity contribution is -0.385. The van der Waals surface area contributed by atoms with E-state index in [1.54, 1.807) is 5.43 Å². The summed E-state index contributed by atoms with van der Waals surface area (Å²) >= 11 is 0. The fraction of sp³-hybridized carbons (Fsp3) is 0.0625. The molecule has 2 aromatic rings. The van der Waals surface area contributed by atoms with Gasteiger partial charge in [-0.25, -0.2) is 13.2 Å². The number of nitro benzene ring substituents is 1. The molecule has 0 aromatic heterocycles. The average molecular weight is 431 g/mol. The van der Waals surface area contributed by atoms with Crippen molar-refractivity contribution in [3.63, 3.8) is 0 Å². The van der Waals surface area contributed by atoms with Crippen molar-refractivity contribution in [2.45, 2.75) is 0 Å². The number of nitro groups is 1. The number of carbonyl (C=O) groups is 3. The number of hydrogen-bond acceptors (Lipinski definition) is 6. The van der Waals surface area contributed by atoms with Crippen LogP contribution >= 0.6 is 0 Å². The van der Waals surface area contributed by atoms with Gasteiger partial charge in [-0.1, -0.05) is 6.07 Å². The maximum atomic E-state index is 13.5. The summed E-state index contributed by atoms with van der Waals surface area (Å²) in [5.74, 6) is -17.3. The molecule has 2 aromatic carbocycles. The van der Waals surface area contributed by atoms with Gasteiger partial charge in [0.2, 0.25) is 29.1 Å². The van der Waals surface area contributed by atoms with E-state index in [-0.39, 0.29) is 5.01 Å². The minimum atomic E-state index is -2.44. The Morgan fingerprint density at radius 1 is 1.00 bits per heavy atom. The maximum absolute atomic E-state index is 13.5. The number of rotatable bonds is 5. The second-order valence-electron chi connectivity index (χ2n) is 5.63. The van der Waals surface area contributed by atoms with Crippen LogP contribution in [0.1, 0.15) is 20.7 Å². The van der Waals surface area contributed by atoms with E-state index in [4.69, 9.17) is 0 Å². The normalized spacial score (nSPS) is 12.8. The number of benzene rings is 2. The first-order valence-electron chi connectivity index (χ1n) is 7.66. The van der Waals surface area contributed by atoms with Gasteiger partial charge in [0, 0.05) is 6.07 Å². The van der Waals surface area contributed by atoms with Gasteiger partial charge >= 0.3 is 0 Å². The number of fused-ring (bicyclic) bond motifs is 1. The zero-order valence-corrected chi connectivity index (χ0v) is 14.2. The van der Waals surface area contributed by atoms with Gasteiger partial charge in [-0.15, -0.1) is 0 Å². The Kier molecular flexibility index (Phi) is 5.07. The average Bonchev–Trinajstić information content (AvgIpc) is 2.95. The number of nitrogens with zero attached hydrogens (tertiary/aromatic N) is 2. The van der Waals surface area contributed by atoms with E-state index in [0.717, 1.165) is 18.2 Å². The van der Waals surface area contributed by atoms with E-state index in [2.05, 4.69) is 4.74 Å². The SMILES string of the molecule is O=C(COc1c(F)c(F)c(F)c(F)c1F)NN1C(=O)c2cccc([N+](=O)[O-])c2C1=O. The molecule has 0 radical (unpaired) electrons. The third-order valence-corrected chi connectivity index (χ3v) is 3.84. The Hall–Kier alpha value is -4.10. The molecule has 0 bridgehead atoms. The largest absolute Gasteiger partial charge is 0.477 e. The van der Waals surface area contributed by atoms with Gasteiger partial charge in [-0.3, -0.25) is 29.9 Å². The van der Waals surface area contributed by atoms with Crippen LogP contribution in [0.25, 0.3) is 0 Å². The van der Waals surface area contributed by atoms with Crippen molar-refractivity contribution in [3.8, 4) is 5.75 Å². The number of hydrazine groups is 1. The van der Waals surface area contributed by atoms with Crippen LogP contribution in [0.4, 0.5) is 27.6 Å². The molecule has 0 saturated carbocycles. The second-order valence-corrected chi connectivity index (χ2v) is 5.63. The zero-order valence-electron chi connectivity index (χ0n) is 14.2. The first-order chi connectivity index (χ1) is 14.1. The molecule has 0 unspecified atom stereocenters. The highest BCUT2D eigenvalue weighted by atomic mass is 19.2. The summed E-state index contributed by atoms with van der Waals surface area (Å²) < 4.78 is 70.6. The number of carbonyl (C=O) groups excluding carboxylic acids is 3. The molecule has 1 aliphatic rings. The van der Waals surface area contributed by atoms with Crippen molar-refractivity contribution >= 4 is 23.4 Å². The summed E-state index contributed by atoms with van der Waals surface area (Å²) in [6.45, 7) is -1.37. The minimum Gasteiger partial charge on any atom is -0.477 e. The van der Waals surface area contributed by atoms with Gasteiger partial charge in [0.15, 0.2) is 12.4 Å². The van der Waals surface area contributed by atoms with Gasteiger partial charge < -0.3 is 4.74 Å². The van der Waals surface area contributed by atoms with Crippen LogP contribution in [-0.4, -0.2) is 34.3 Å². The van der Waals surface area contributed by atoms with Crippen LogP contribution in [0.5, 0.6) is 5.75 Å². The summed E-state index contributed by atoms with van der Waals surface area (Å²) in [7, 11) is 0. The molecule has 1 N–H and O–H groups in total. The Morgan fingerprint density at radius 3 is 2.13 bits per heavy atom. The second kappa shape index (κ2) is 7.38. The molecule has 0 fully saturated rings. The molecule has 30 heavy (non-hydrogen) atoms. The molecule has 0 atom stereocenters. The first-order valence-corrected chi connectivity index (χ1v) is 7.66. The fourth-order valence-electron chi connectivity index (χ4n) is 2.53. The third kappa shape index (κ3) is 3.17. The fourth-order valence-corrected chi connectivity index (χ4v) is 2.53. The maximum Gasteiger partial charge on any atom is 0.287 e. The smallest absolute Gasteiger partial charge is 0.287 e. The number of amides is 3. The Bertz CT molecular complexity index is 1110. The van der Waals surface area contributed by atoms with E-state index in [0.29, 0.717) is 0 Å². The molecule has 3 amide bonds. The minimum absolute atomic E-state index is 0.0852. The summed E-state index contributed by atoms with van der Waals surface area (Å²) in [6.07, 6.45) is 0. The quantitative estimate of drug-likeness (QED) is 0.193. The Balaban J connectivity index is 1.77. The van der Waals surface area contributed by atoms with Crippen molar-refractivity contribution < 1.29 is 46.0 Å². The van der Waals surface area contributed by atoms with Crippen LogP contribution in [0, 0.1) is 39.2 Å². The van der Waals surface area contributed by atoms with Gasteiger partial charge in [0.25, 0.3) is 23.4 Å². The van der Waals surface area contributed by atoms with Crippen molar-refractivity contribution in [3.05, 3.63) is 68.5 Å². The lowest BCUT2D eigenvalue weighted by Crippen LogP contribution is -2.47. The molecule has 0 saturated heterocycles. The summed E-state index contributed by atoms with van der Waals surface area (Å²) in [5.41, 5.74) is -0.0222. The van der Waals surface area contributed by atoms with E-state index < -0.39 is 80.9 Å². The van der Waals surface area contributed by atoms with Crippen molar-refractivity contribution in [2.24, 2.45) is 0 Å². The monoisotopic (exact) mass is 431 g/mol. The third-order valence-electron chi connectivity index (χ3n) is 3.84. The van der Waals surface area contributed by atoms with Crippen LogP contribution in [0.3, 0.4) is 0 Å². The Labute approximate surface area is 161 Å². The number of imide groups is 1. The molecule has 0 aliphatic carbocycles. The standard InChI is InChI=1S/C16H6F5N3O6/c17-9-10(18)12(20)14(13(21)11(9)19)30-4-7(25)22-23-15(26)5-2-1-3-6(24(28)29)8(5)16(23)27/h1-3H,4H2,(H,22,25). The molecular weight excluding hydrogens is 425 g/mol. The summed E-state index contributed by atoms with van der Waals surface area (Å²) in [5, 5.41) is 11.1. The van der Waals surface area contributed by atoms with E-state index in [1.165, 1.54) is 0 Å². The molecule has 9 nitrogen and oxygen atoms in total. The molecule has 0 spiro atoms. The van der Waals surface area contributed by atoms with Gasteiger partial charge in [0.1, 0.15) is 5.56 Å². The summed E-state index contributed by atoms with van der Waals surface area (Å²) in [4.78, 5) is 46.4. The van der Waals surface area contributed by atoms with E-state index in [1.807, 2.05) is 0 Å². The van der Waals surface area contributed by atoms with Crippen molar-refractivity contribution in [1.82, 2.24) is 10.4 Å². The van der Waals surface area contributed by atoms with Crippen LogP contribution < -0.4 is 10.2 Å². The number of halogens is 5. The topological polar surface area (TPSA) is 119 Å². The highest BCUT2D eigenvalue weighted by Gasteiger charge is 2.42. The molecule has 156 valence electrons. The lowest BCUT2D eigenvalue weighted by atomic mass is 10.1. The highest BCUT2D eigenvalue weighted by Crippen LogP contribution is 2.30. The van der Waals surface area contributed by atoms with Crippen LogP contribution in [0.2, 0.25) is 0 Å². The molecular formula is C16H6F5N3O6. The molecule has 3 rings (SSSR count). The molecule has 14 heteroatoms. The van der Waals surface area contributed by atoms with Gasteiger partial charge in [-0.2, -0.15) is 13.8 Å². The lowest BCUT2D eigenvalue weighted by Gasteiger charge is -2.15. The predicted octanol–water partition coefficient (Wildman–Crippen LogP) is 2.00. The molecule has 1 aliphatic heterocycles. The van der Waals surface area contributed by atoms with Crippen LogP contribution in [-0.2, 0) is 4.79 Å². The predicted molar refractivity (Wildman–Crippen MR) is 83.5 cm³/mol. The zero-order chi connectivity index (χ0) is 22.3. The highest BCUT2D eigenvalue weighted by molar-refractivity contribution is 6.23. The number of ether oxygens (including phenoxy) is 1. The van der Waals surface area contributed by atoms with Crippen LogP contribution in [0.15, 0.2) is 18.2 Å². The molecule has 1 heterocycles. The summed E-state index contributed by atoms with van der Waals surface area (Å²) in [6, 6.07) is 3.15. The van der Waals surface area contributed by atoms with Gasteiger partial charge in [-0.05, 0) is 6.07 Å². The van der Waals surface area contributed by atoms with E-state index >= 15 is 0 Å². The van der Waals surface area contributed by atoms with E-state index in [9.17, 15) is 46.5 Å². The number of hydrogen-bond donors (Lipinski definition) is 1. The first kappa shape index (κ1) is 20.6. The van der Waals surface area contributed by atoms with Crippen molar-refractivity contribution in [2.75, 3.05) is 6.61 Å². The van der Waals surface area contributed by atoms with Gasteiger partial charge in [0.05, 0.1) is 10.5 Å². The number of nitrogens with one attached hydrogen (secondary N) is 1.